The number of aromatic nitrogens is 3. The molecule has 2 aromatic heterocycles. The summed E-state index contributed by atoms with van der Waals surface area (Å²) >= 11 is 0. The Kier molecular flexibility index (Phi) is 5.99. The predicted octanol–water partition coefficient (Wildman–Crippen LogP) is 1.85. The molecule has 3 N–H and O–H groups in total. The second-order valence-electron chi connectivity index (χ2n) is 6.10. The fraction of sp³-hybridized carbons (Fsp3) is 0.200. The highest BCUT2D eigenvalue weighted by Gasteiger charge is 2.14. The van der Waals surface area contributed by atoms with Crippen molar-refractivity contribution in [3.8, 4) is 28.9 Å². The van der Waals surface area contributed by atoms with Gasteiger partial charge >= 0.3 is 0 Å². The molecule has 0 radical (unpaired) electrons. The Morgan fingerprint density at radius 1 is 1.18 bits per heavy atom. The summed E-state index contributed by atoms with van der Waals surface area (Å²) < 4.78 is 1.29. The number of nitrogens with zero attached hydrogens (tertiary/aromatic N) is 4. The maximum absolute atomic E-state index is 12.1. The van der Waals surface area contributed by atoms with Gasteiger partial charge in [-0.1, -0.05) is 12.1 Å². The number of hydrogen-bond acceptors (Lipinski definition) is 6. The number of benzene rings is 1. The van der Waals surface area contributed by atoms with Crippen molar-refractivity contribution in [2.24, 2.45) is 0 Å². The Labute approximate surface area is 162 Å². The summed E-state index contributed by atoms with van der Waals surface area (Å²) in [4.78, 5) is 16.3. The zero-order valence-corrected chi connectivity index (χ0v) is 15.4. The molecule has 0 aliphatic heterocycles. The predicted molar refractivity (Wildman–Crippen MR) is 104 cm³/mol. The largest absolute Gasteiger partial charge is 0.493 e. The minimum Gasteiger partial charge on any atom is -0.493 e. The van der Waals surface area contributed by atoms with E-state index in [4.69, 9.17) is 5.26 Å². The molecule has 8 heteroatoms. The zero-order valence-electron chi connectivity index (χ0n) is 15.4. The van der Waals surface area contributed by atoms with Gasteiger partial charge in [-0.05, 0) is 49.8 Å². The van der Waals surface area contributed by atoms with E-state index in [1.807, 2.05) is 7.05 Å². The molecule has 0 saturated carbocycles. The Hall–Kier alpha value is -3.70. The molecule has 3 rings (SSSR count). The molecular formula is C20H20N6O2. The molecule has 1 aromatic carbocycles. The topological polar surface area (TPSA) is 116 Å². The third-order valence-corrected chi connectivity index (χ3v) is 4.19. The lowest BCUT2D eigenvalue weighted by Gasteiger charge is -2.07. The van der Waals surface area contributed by atoms with Crippen molar-refractivity contribution < 1.29 is 9.90 Å². The van der Waals surface area contributed by atoms with Crippen molar-refractivity contribution in [2.45, 2.75) is 6.42 Å². The first kappa shape index (κ1) is 19.1. The van der Waals surface area contributed by atoms with Crippen LogP contribution in [0.5, 0.6) is 5.88 Å². The van der Waals surface area contributed by atoms with Crippen molar-refractivity contribution >= 4 is 5.91 Å². The Bertz CT molecular complexity index is 987. The summed E-state index contributed by atoms with van der Waals surface area (Å²) in [5, 5.41) is 29.4. The molecule has 142 valence electrons. The highest BCUT2D eigenvalue weighted by molar-refractivity contribution is 5.93. The minimum atomic E-state index is -0.196. The van der Waals surface area contributed by atoms with Crippen LogP contribution in [0.4, 0.5) is 0 Å². The number of aromatic hydroxyl groups is 1. The van der Waals surface area contributed by atoms with Gasteiger partial charge < -0.3 is 15.7 Å². The summed E-state index contributed by atoms with van der Waals surface area (Å²) in [6.45, 7) is 1.41. The third kappa shape index (κ3) is 4.16. The van der Waals surface area contributed by atoms with Gasteiger partial charge in [0, 0.05) is 12.7 Å². The average molecular weight is 376 g/mol. The van der Waals surface area contributed by atoms with Gasteiger partial charge in [0.15, 0.2) is 5.82 Å². The van der Waals surface area contributed by atoms with E-state index in [1.165, 1.54) is 17.1 Å². The highest BCUT2D eigenvalue weighted by Crippen LogP contribution is 2.30. The molecule has 0 saturated heterocycles. The van der Waals surface area contributed by atoms with Crippen molar-refractivity contribution in [3.63, 3.8) is 0 Å². The fourth-order valence-electron chi connectivity index (χ4n) is 2.65. The first-order valence-corrected chi connectivity index (χ1v) is 8.81. The van der Waals surface area contributed by atoms with Crippen molar-refractivity contribution in [2.75, 3.05) is 20.1 Å². The number of nitrogens with one attached hydrogen (secondary N) is 2. The second-order valence-corrected chi connectivity index (χ2v) is 6.10. The molecule has 0 unspecified atom stereocenters. The minimum absolute atomic E-state index is 0.0681. The lowest BCUT2D eigenvalue weighted by molar-refractivity contribution is 0.0953. The Balaban J connectivity index is 1.74. The molecule has 0 bridgehead atoms. The van der Waals surface area contributed by atoms with Crippen molar-refractivity contribution in [1.82, 2.24) is 25.4 Å². The van der Waals surface area contributed by atoms with Crippen LogP contribution in [0.3, 0.4) is 0 Å². The summed E-state index contributed by atoms with van der Waals surface area (Å²) in [5.41, 5.74) is 2.24. The molecule has 0 aliphatic rings. The Morgan fingerprint density at radius 2 is 1.96 bits per heavy atom. The number of hydrogen-bond donors (Lipinski definition) is 3. The van der Waals surface area contributed by atoms with E-state index in [-0.39, 0.29) is 11.8 Å². The molecular weight excluding hydrogens is 356 g/mol. The van der Waals surface area contributed by atoms with Crippen LogP contribution in [0.1, 0.15) is 22.3 Å². The van der Waals surface area contributed by atoms with Gasteiger partial charge in [0.2, 0.25) is 5.88 Å². The van der Waals surface area contributed by atoms with Gasteiger partial charge in [0.05, 0.1) is 29.0 Å². The number of pyridine rings is 1. The van der Waals surface area contributed by atoms with Gasteiger partial charge in [0.25, 0.3) is 5.91 Å². The van der Waals surface area contributed by atoms with Gasteiger partial charge in [-0.2, -0.15) is 15.0 Å². The highest BCUT2D eigenvalue weighted by atomic mass is 16.3. The molecule has 1 amide bonds. The number of nitriles is 1. The number of rotatable bonds is 7. The molecule has 2 heterocycles. The van der Waals surface area contributed by atoms with E-state index in [1.54, 1.807) is 36.4 Å². The van der Waals surface area contributed by atoms with Crippen molar-refractivity contribution in [1.29, 1.82) is 5.26 Å². The lowest BCUT2D eigenvalue weighted by Crippen LogP contribution is -2.26. The number of carbonyl (C=O) groups is 1. The summed E-state index contributed by atoms with van der Waals surface area (Å²) in [6, 6.07) is 12.2. The SMILES string of the molecule is CNCCCNC(=O)c1ccc(-n2ncc(-c3ccc(C#N)cc3)c2O)nc1. The lowest BCUT2D eigenvalue weighted by atomic mass is 10.1. The van der Waals surface area contributed by atoms with Gasteiger partial charge in [-0.15, -0.1) is 0 Å². The van der Waals surface area contributed by atoms with Gasteiger partial charge in [-0.25, -0.2) is 4.98 Å². The fourth-order valence-corrected chi connectivity index (χ4v) is 2.65. The quantitative estimate of drug-likeness (QED) is 0.542. The molecule has 0 fully saturated rings. The molecule has 0 atom stereocenters. The van der Waals surface area contributed by atoms with Gasteiger partial charge in [0.1, 0.15) is 0 Å². The van der Waals surface area contributed by atoms with E-state index in [9.17, 15) is 9.90 Å². The zero-order chi connectivity index (χ0) is 19.9. The van der Waals surface area contributed by atoms with Crippen LogP contribution in [0.15, 0.2) is 48.8 Å². The standard InChI is InChI=1S/C20H20N6O2/c1-22-9-2-10-23-19(27)16-7-8-18(24-12-16)26-20(28)17(13-25-26)15-5-3-14(11-21)4-6-15/h3-8,12-13,22,28H,2,9-10H2,1H3,(H,23,27). The van der Waals surface area contributed by atoms with Crippen LogP contribution in [0.25, 0.3) is 16.9 Å². The molecule has 28 heavy (non-hydrogen) atoms. The molecule has 8 nitrogen and oxygen atoms in total. The summed E-state index contributed by atoms with van der Waals surface area (Å²) in [5.74, 6) is 0.128. The molecule has 3 aromatic rings. The molecule has 0 spiro atoms. The van der Waals surface area contributed by atoms with Crippen LogP contribution in [0.2, 0.25) is 0 Å². The van der Waals surface area contributed by atoms with Crippen LogP contribution in [-0.2, 0) is 0 Å². The van der Waals surface area contributed by atoms with E-state index in [2.05, 4.69) is 26.8 Å². The monoisotopic (exact) mass is 376 g/mol. The van der Waals surface area contributed by atoms with E-state index in [0.29, 0.717) is 29.1 Å². The number of carbonyl (C=O) groups excluding carboxylic acids is 1. The maximum Gasteiger partial charge on any atom is 0.252 e. The third-order valence-electron chi connectivity index (χ3n) is 4.19. The smallest absolute Gasteiger partial charge is 0.252 e. The van der Waals surface area contributed by atoms with Gasteiger partial charge in [-0.3, -0.25) is 4.79 Å². The van der Waals surface area contributed by atoms with E-state index in [0.717, 1.165) is 18.5 Å². The van der Waals surface area contributed by atoms with Crippen LogP contribution in [0, 0.1) is 11.3 Å². The normalized spacial score (nSPS) is 10.4. The summed E-state index contributed by atoms with van der Waals surface area (Å²) in [6.07, 6.45) is 3.82. The maximum atomic E-state index is 12.1. The molecule has 0 aliphatic carbocycles. The van der Waals surface area contributed by atoms with E-state index >= 15 is 0 Å². The van der Waals surface area contributed by atoms with Crippen molar-refractivity contribution in [3.05, 3.63) is 59.9 Å². The number of amides is 1. The first-order chi connectivity index (χ1) is 13.6. The Morgan fingerprint density at radius 3 is 2.61 bits per heavy atom. The van der Waals surface area contributed by atoms with Crippen LogP contribution in [-0.4, -0.2) is 45.9 Å². The first-order valence-electron chi connectivity index (χ1n) is 8.81. The average Bonchev–Trinajstić information content (AvgIpc) is 3.12. The van der Waals surface area contributed by atoms with Crippen LogP contribution < -0.4 is 10.6 Å². The van der Waals surface area contributed by atoms with E-state index < -0.39 is 0 Å². The second kappa shape index (κ2) is 8.79. The summed E-state index contributed by atoms with van der Waals surface area (Å²) in [7, 11) is 1.86. The van der Waals surface area contributed by atoms with Crippen LogP contribution >= 0.6 is 0 Å².